The Bertz CT molecular complexity index is 831. The van der Waals surface area contributed by atoms with Gasteiger partial charge in [0.25, 0.3) is 0 Å². The van der Waals surface area contributed by atoms with Crippen LogP contribution in [0, 0.1) is 19.7 Å². The van der Waals surface area contributed by atoms with Crippen LogP contribution < -0.4 is 0 Å². The molecule has 1 aliphatic heterocycles. The monoisotopic (exact) mass is 370 g/mol. The molecule has 1 heterocycles. The summed E-state index contributed by atoms with van der Waals surface area (Å²) in [5.41, 5.74) is 3.60. The number of nitrogens with zero attached hydrogens (tertiary/aromatic N) is 2. The van der Waals surface area contributed by atoms with E-state index >= 15 is 0 Å². The Labute approximate surface area is 160 Å². The Balaban J connectivity index is 1.82. The standard InChI is InChI=1S/C22H27FN2O2/c1-5-25(4)15-24-21-11-20(23)19(10-17(21)3)22(13-26-14-22)27-12-18-8-6-7-16(2)9-18/h6-11,15H,5,12-14H2,1-4H3. The predicted octanol–water partition coefficient (Wildman–Crippen LogP) is 4.50. The van der Waals surface area contributed by atoms with Crippen molar-refractivity contribution in [3.8, 4) is 0 Å². The van der Waals surface area contributed by atoms with Crippen LogP contribution in [-0.2, 0) is 21.7 Å². The molecule has 0 spiro atoms. The molecule has 1 fully saturated rings. The minimum Gasteiger partial charge on any atom is -0.375 e. The molecule has 144 valence electrons. The van der Waals surface area contributed by atoms with Crippen LogP contribution in [-0.4, -0.2) is 38.0 Å². The highest BCUT2D eigenvalue weighted by atomic mass is 19.1. The van der Waals surface area contributed by atoms with E-state index in [1.54, 1.807) is 6.34 Å². The molecular formula is C22H27FN2O2. The maximum Gasteiger partial charge on any atom is 0.143 e. The molecule has 0 aliphatic carbocycles. The second-order valence-corrected chi connectivity index (χ2v) is 7.20. The maximum absolute atomic E-state index is 14.9. The predicted molar refractivity (Wildman–Crippen MR) is 106 cm³/mol. The number of rotatable bonds is 7. The van der Waals surface area contributed by atoms with Crippen LogP contribution in [0.25, 0.3) is 0 Å². The van der Waals surface area contributed by atoms with E-state index in [1.165, 1.54) is 11.6 Å². The lowest BCUT2D eigenvalue weighted by Crippen LogP contribution is -2.49. The Hall–Kier alpha value is -2.24. The largest absolute Gasteiger partial charge is 0.375 e. The van der Waals surface area contributed by atoms with Gasteiger partial charge in [0.1, 0.15) is 11.4 Å². The van der Waals surface area contributed by atoms with Gasteiger partial charge in [-0.15, -0.1) is 0 Å². The highest BCUT2D eigenvalue weighted by Gasteiger charge is 2.44. The zero-order chi connectivity index (χ0) is 19.4. The van der Waals surface area contributed by atoms with E-state index in [-0.39, 0.29) is 5.82 Å². The lowest BCUT2D eigenvalue weighted by molar-refractivity contribution is -0.224. The molecule has 0 atom stereocenters. The van der Waals surface area contributed by atoms with Crippen LogP contribution >= 0.6 is 0 Å². The first-order valence-electron chi connectivity index (χ1n) is 9.26. The summed E-state index contributed by atoms with van der Waals surface area (Å²) in [7, 11) is 1.93. The summed E-state index contributed by atoms with van der Waals surface area (Å²) >= 11 is 0. The average molecular weight is 370 g/mol. The second kappa shape index (κ2) is 8.19. The van der Waals surface area contributed by atoms with Crippen LogP contribution in [0.4, 0.5) is 10.1 Å². The molecule has 2 aromatic carbocycles. The van der Waals surface area contributed by atoms with E-state index in [1.807, 2.05) is 57.0 Å². The third kappa shape index (κ3) is 4.37. The van der Waals surface area contributed by atoms with Gasteiger partial charge in [-0.05, 0) is 38.0 Å². The molecule has 1 saturated heterocycles. The molecule has 4 nitrogen and oxygen atoms in total. The number of ether oxygens (including phenoxy) is 2. The van der Waals surface area contributed by atoms with Crippen molar-refractivity contribution < 1.29 is 13.9 Å². The van der Waals surface area contributed by atoms with Crippen molar-refractivity contribution in [1.29, 1.82) is 0 Å². The van der Waals surface area contributed by atoms with E-state index in [4.69, 9.17) is 9.47 Å². The third-order valence-corrected chi connectivity index (χ3v) is 4.94. The number of aliphatic imine (C=N–C) groups is 1. The molecule has 0 aromatic heterocycles. The maximum atomic E-state index is 14.9. The summed E-state index contributed by atoms with van der Waals surface area (Å²) in [6.07, 6.45) is 1.72. The van der Waals surface area contributed by atoms with Gasteiger partial charge in [-0.3, -0.25) is 0 Å². The van der Waals surface area contributed by atoms with E-state index in [9.17, 15) is 4.39 Å². The zero-order valence-electron chi connectivity index (χ0n) is 16.5. The normalized spacial score (nSPS) is 15.7. The average Bonchev–Trinajstić information content (AvgIpc) is 2.61. The Morgan fingerprint density at radius 2 is 2.04 bits per heavy atom. The quantitative estimate of drug-likeness (QED) is 0.532. The SMILES string of the molecule is CCN(C)C=Nc1cc(F)c(C2(OCc3cccc(C)c3)COC2)cc1C. The van der Waals surface area contributed by atoms with Gasteiger partial charge >= 0.3 is 0 Å². The summed E-state index contributed by atoms with van der Waals surface area (Å²) in [4.78, 5) is 6.34. The summed E-state index contributed by atoms with van der Waals surface area (Å²) in [5.74, 6) is -0.306. The van der Waals surface area contributed by atoms with E-state index in [0.29, 0.717) is 31.1 Å². The van der Waals surface area contributed by atoms with Crippen molar-refractivity contribution in [2.75, 3.05) is 26.8 Å². The molecule has 1 aliphatic rings. The number of aryl methyl sites for hydroxylation is 2. The molecule has 0 bridgehead atoms. The first-order valence-corrected chi connectivity index (χ1v) is 9.26. The third-order valence-electron chi connectivity index (χ3n) is 4.94. The molecule has 0 saturated carbocycles. The minimum absolute atomic E-state index is 0.306. The van der Waals surface area contributed by atoms with Crippen molar-refractivity contribution in [3.05, 3.63) is 64.5 Å². The molecular weight excluding hydrogens is 343 g/mol. The molecule has 27 heavy (non-hydrogen) atoms. The van der Waals surface area contributed by atoms with Crippen LogP contribution in [0.2, 0.25) is 0 Å². The van der Waals surface area contributed by atoms with E-state index in [0.717, 1.165) is 17.7 Å². The molecule has 5 heteroatoms. The van der Waals surface area contributed by atoms with Crippen LogP contribution in [0.1, 0.15) is 29.2 Å². The zero-order valence-corrected chi connectivity index (χ0v) is 16.5. The van der Waals surface area contributed by atoms with Crippen molar-refractivity contribution in [1.82, 2.24) is 4.90 Å². The Morgan fingerprint density at radius 3 is 2.67 bits per heavy atom. The lowest BCUT2D eigenvalue weighted by atomic mass is 9.89. The number of halogens is 1. The van der Waals surface area contributed by atoms with E-state index < -0.39 is 5.60 Å². The van der Waals surface area contributed by atoms with E-state index in [2.05, 4.69) is 11.1 Å². The van der Waals surface area contributed by atoms with Gasteiger partial charge < -0.3 is 14.4 Å². The fraction of sp³-hybridized carbons (Fsp3) is 0.409. The van der Waals surface area contributed by atoms with Gasteiger partial charge in [0.2, 0.25) is 0 Å². The first kappa shape index (κ1) is 19.5. The van der Waals surface area contributed by atoms with Gasteiger partial charge in [0.05, 0.1) is 31.8 Å². The number of hydrogen-bond acceptors (Lipinski definition) is 3. The summed E-state index contributed by atoms with van der Waals surface area (Å²) in [5, 5.41) is 0. The number of benzene rings is 2. The fourth-order valence-corrected chi connectivity index (χ4v) is 3.03. The van der Waals surface area contributed by atoms with Crippen LogP contribution in [0.15, 0.2) is 41.4 Å². The topological polar surface area (TPSA) is 34.1 Å². The molecule has 0 amide bonds. The van der Waals surface area contributed by atoms with Crippen molar-refractivity contribution in [2.24, 2.45) is 4.99 Å². The van der Waals surface area contributed by atoms with Crippen molar-refractivity contribution >= 4 is 12.0 Å². The molecule has 0 unspecified atom stereocenters. The Kier molecular flexibility index (Phi) is 5.92. The van der Waals surface area contributed by atoms with Gasteiger partial charge in [-0.2, -0.15) is 0 Å². The smallest absolute Gasteiger partial charge is 0.143 e. The highest BCUT2D eigenvalue weighted by Crippen LogP contribution is 2.38. The van der Waals surface area contributed by atoms with Crippen LogP contribution in [0.3, 0.4) is 0 Å². The van der Waals surface area contributed by atoms with Gasteiger partial charge in [-0.1, -0.05) is 29.8 Å². The van der Waals surface area contributed by atoms with Gasteiger partial charge in [0, 0.05) is 25.2 Å². The molecule has 0 radical (unpaired) electrons. The van der Waals surface area contributed by atoms with Crippen molar-refractivity contribution in [3.63, 3.8) is 0 Å². The molecule has 2 aromatic rings. The summed E-state index contributed by atoms with van der Waals surface area (Å²) in [6, 6.07) is 11.5. The van der Waals surface area contributed by atoms with Crippen molar-refractivity contribution in [2.45, 2.75) is 33.0 Å². The molecule has 3 rings (SSSR count). The lowest BCUT2D eigenvalue weighted by Gasteiger charge is -2.42. The number of hydrogen-bond donors (Lipinski definition) is 0. The summed E-state index contributed by atoms with van der Waals surface area (Å²) < 4.78 is 26.5. The first-order chi connectivity index (χ1) is 12.9. The highest BCUT2D eigenvalue weighted by molar-refractivity contribution is 5.63. The molecule has 0 N–H and O–H groups in total. The summed E-state index contributed by atoms with van der Waals surface area (Å²) in [6.45, 7) is 8.00. The second-order valence-electron chi connectivity index (χ2n) is 7.20. The fourth-order valence-electron chi connectivity index (χ4n) is 3.03. The van der Waals surface area contributed by atoms with Crippen LogP contribution in [0.5, 0.6) is 0 Å². The van der Waals surface area contributed by atoms with Gasteiger partial charge in [-0.25, -0.2) is 9.38 Å². The van der Waals surface area contributed by atoms with Gasteiger partial charge in [0.15, 0.2) is 0 Å². The Morgan fingerprint density at radius 1 is 1.26 bits per heavy atom. The minimum atomic E-state index is -0.735.